The van der Waals surface area contributed by atoms with Gasteiger partial charge in [0.1, 0.15) is 11.7 Å². The minimum atomic E-state index is -2.25. The normalized spacial score (nSPS) is 42.6. The van der Waals surface area contributed by atoms with Gasteiger partial charge in [-0.05, 0) is 32.1 Å². The summed E-state index contributed by atoms with van der Waals surface area (Å²) < 4.78 is 18.0. The number of hydrogen-bond donors (Lipinski definition) is 3. The average Bonchev–Trinajstić information content (AvgIpc) is 2.75. The SMILES string of the molecule is C=C[C@@]1(C)CC(=O)[C@]2(O)[C@@]3(C)[C@@H](OC(=O)CNC(C)C)CCC(C)(C)[C@@H]3[C@H](O)[C@H](OC(C)=O)[C@@]2(C)O1.Cl. The van der Waals surface area contributed by atoms with Crippen LogP contribution in [0.5, 0.6) is 0 Å². The lowest BCUT2D eigenvalue weighted by molar-refractivity contribution is -0.370. The number of carbonyl (C=O) groups excluding carboxylic acids is 3. The van der Waals surface area contributed by atoms with Crippen LogP contribution in [0.25, 0.3) is 0 Å². The molecule has 3 fully saturated rings. The first-order chi connectivity index (χ1) is 16.4. The van der Waals surface area contributed by atoms with E-state index in [1.807, 2.05) is 27.7 Å². The molecule has 0 amide bonds. The van der Waals surface area contributed by atoms with Crippen molar-refractivity contribution < 1.29 is 38.8 Å². The van der Waals surface area contributed by atoms with Crippen molar-refractivity contribution in [2.75, 3.05) is 6.54 Å². The molecule has 8 atom stereocenters. The van der Waals surface area contributed by atoms with Crippen molar-refractivity contribution in [3.63, 3.8) is 0 Å². The van der Waals surface area contributed by atoms with Gasteiger partial charge in [-0.2, -0.15) is 0 Å². The third kappa shape index (κ3) is 4.75. The molecule has 0 aromatic carbocycles. The standard InChI is InChI=1S/C27H43NO8.ClH/c1-10-24(7)13-17(30)27(33)25(8)18(35-19(31)14-28-15(2)3)11-12-23(5,6)21(25)20(32)22(34-16(4)29)26(27,9)36-24;/h10,15,18,20-22,28,32-33H,1,11-14H2,2-9H3;1H/t18-,20-,21-,22-,24-,25-,26+,27-;/m0./s1. The van der Waals surface area contributed by atoms with Crippen LogP contribution in [-0.2, 0) is 28.6 Å². The molecule has 3 aliphatic rings. The van der Waals surface area contributed by atoms with Crippen molar-refractivity contribution in [3.05, 3.63) is 12.7 Å². The lowest BCUT2D eigenvalue weighted by atomic mass is 9.39. The van der Waals surface area contributed by atoms with Gasteiger partial charge in [0.2, 0.25) is 0 Å². The van der Waals surface area contributed by atoms with Crippen molar-refractivity contribution in [1.29, 1.82) is 0 Å². The molecule has 1 saturated heterocycles. The second kappa shape index (κ2) is 10.2. The molecule has 0 aromatic rings. The van der Waals surface area contributed by atoms with E-state index < -0.39 is 69.6 Å². The van der Waals surface area contributed by atoms with Gasteiger partial charge >= 0.3 is 11.9 Å². The van der Waals surface area contributed by atoms with Crippen LogP contribution in [0.15, 0.2) is 12.7 Å². The van der Waals surface area contributed by atoms with Crippen LogP contribution in [0.2, 0.25) is 0 Å². The van der Waals surface area contributed by atoms with E-state index in [-0.39, 0.29) is 31.4 Å². The van der Waals surface area contributed by atoms with Gasteiger partial charge in [-0.15, -0.1) is 19.0 Å². The highest BCUT2D eigenvalue weighted by Gasteiger charge is 2.82. The minimum Gasteiger partial charge on any atom is -0.461 e. The Morgan fingerprint density at radius 3 is 2.32 bits per heavy atom. The number of esters is 2. The van der Waals surface area contributed by atoms with E-state index in [9.17, 15) is 24.6 Å². The molecule has 0 bridgehead atoms. The monoisotopic (exact) mass is 545 g/mol. The Bertz CT molecular complexity index is 939. The molecule has 10 heteroatoms. The summed E-state index contributed by atoms with van der Waals surface area (Å²) in [6, 6.07) is 0.0598. The molecular formula is C27H44ClNO8. The van der Waals surface area contributed by atoms with E-state index in [1.165, 1.54) is 19.9 Å². The number of Topliss-reactive ketones (excluding diaryl/α,β-unsaturated/α-hetero) is 1. The van der Waals surface area contributed by atoms with Crippen LogP contribution < -0.4 is 5.32 Å². The van der Waals surface area contributed by atoms with Gasteiger partial charge in [-0.1, -0.05) is 40.7 Å². The van der Waals surface area contributed by atoms with Gasteiger partial charge in [0.05, 0.1) is 18.2 Å². The zero-order valence-corrected chi connectivity index (χ0v) is 24.1. The van der Waals surface area contributed by atoms with E-state index in [0.29, 0.717) is 12.8 Å². The number of ketones is 1. The summed E-state index contributed by atoms with van der Waals surface area (Å²) in [5, 5.41) is 27.5. The van der Waals surface area contributed by atoms with Crippen molar-refractivity contribution in [3.8, 4) is 0 Å². The van der Waals surface area contributed by atoms with Crippen molar-refractivity contribution >= 4 is 30.1 Å². The van der Waals surface area contributed by atoms with E-state index in [4.69, 9.17) is 14.2 Å². The molecule has 3 N–H and O–H groups in total. The lowest BCUT2D eigenvalue weighted by Crippen LogP contribution is -2.87. The number of nitrogens with one attached hydrogen (secondary N) is 1. The van der Waals surface area contributed by atoms with Crippen LogP contribution in [0, 0.1) is 16.7 Å². The number of fused-ring (bicyclic) bond motifs is 3. The highest BCUT2D eigenvalue weighted by Crippen LogP contribution is 2.67. The van der Waals surface area contributed by atoms with Gasteiger partial charge in [-0.25, -0.2) is 0 Å². The molecule has 3 rings (SSSR count). The van der Waals surface area contributed by atoms with Crippen LogP contribution in [0.1, 0.15) is 74.7 Å². The van der Waals surface area contributed by atoms with Crippen molar-refractivity contribution in [2.24, 2.45) is 16.7 Å². The topological polar surface area (TPSA) is 131 Å². The predicted octanol–water partition coefficient (Wildman–Crippen LogP) is 2.49. The number of ether oxygens (including phenoxy) is 3. The van der Waals surface area contributed by atoms with E-state index in [2.05, 4.69) is 11.9 Å². The fourth-order valence-electron chi connectivity index (χ4n) is 7.31. The Labute approximate surface area is 226 Å². The largest absolute Gasteiger partial charge is 0.461 e. The molecule has 9 nitrogen and oxygen atoms in total. The molecule has 1 aliphatic heterocycles. The Kier molecular flexibility index (Phi) is 8.76. The third-order valence-electron chi connectivity index (χ3n) is 8.91. The first kappa shape index (κ1) is 31.7. The Balaban J connectivity index is 0.00000481. The van der Waals surface area contributed by atoms with Gasteiger partial charge in [0.15, 0.2) is 17.5 Å². The molecule has 37 heavy (non-hydrogen) atoms. The molecule has 0 spiro atoms. The van der Waals surface area contributed by atoms with Gasteiger partial charge in [0.25, 0.3) is 0 Å². The maximum absolute atomic E-state index is 14.0. The summed E-state index contributed by atoms with van der Waals surface area (Å²) >= 11 is 0. The molecular weight excluding hydrogens is 502 g/mol. The maximum Gasteiger partial charge on any atom is 0.320 e. The zero-order valence-electron chi connectivity index (χ0n) is 23.3. The zero-order chi connectivity index (χ0) is 27.5. The Morgan fingerprint density at radius 1 is 1.22 bits per heavy atom. The predicted molar refractivity (Wildman–Crippen MR) is 139 cm³/mol. The maximum atomic E-state index is 14.0. The fraction of sp³-hybridized carbons (Fsp3) is 0.815. The number of carbonyl (C=O) groups is 3. The van der Waals surface area contributed by atoms with Crippen LogP contribution in [-0.4, -0.2) is 75.6 Å². The van der Waals surface area contributed by atoms with E-state index in [0.717, 1.165) is 0 Å². The second-order valence-electron chi connectivity index (χ2n) is 12.4. The summed E-state index contributed by atoms with van der Waals surface area (Å²) in [4.78, 5) is 39.0. The quantitative estimate of drug-likeness (QED) is 0.340. The van der Waals surface area contributed by atoms with Crippen LogP contribution in [0.3, 0.4) is 0 Å². The number of aliphatic hydroxyl groups excluding tert-OH is 1. The summed E-state index contributed by atoms with van der Waals surface area (Å²) in [6.07, 6.45) is -1.32. The molecule has 2 aliphatic carbocycles. The Morgan fingerprint density at radius 2 is 1.81 bits per heavy atom. The summed E-state index contributed by atoms with van der Waals surface area (Å²) in [6.45, 7) is 17.5. The third-order valence-corrected chi connectivity index (χ3v) is 8.91. The molecule has 2 saturated carbocycles. The lowest BCUT2D eigenvalue weighted by Gasteiger charge is -2.71. The van der Waals surface area contributed by atoms with Crippen LogP contribution in [0.4, 0.5) is 0 Å². The average molecular weight is 546 g/mol. The minimum absolute atomic E-state index is 0. The first-order valence-electron chi connectivity index (χ1n) is 12.8. The first-order valence-corrected chi connectivity index (χ1v) is 12.8. The van der Waals surface area contributed by atoms with Gasteiger partial charge < -0.3 is 29.7 Å². The van der Waals surface area contributed by atoms with E-state index >= 15 is 0 Å². The number of hydrogen-bond acceptors (Lipinski definition) is 9. The molecule has 0 radical (unpaired) electrons. The molecule has 0 unspecified atom stereocenters. The van der Waals surface area contributed by atoms with Gasteiger partial charge in [-0.3, -0.25) is 14.4 Å². The fourth-order valence-corrected chi connectivity index (χ4v) is 7.31. The summed E-state index contributed by atoms with van der Waals surface area (Å²) in [5.41, 5.74) is -7.32. The molecule has 1 heterocycles. The number of rotatable bonds is 6. The summed E-state index contributed by atoms with van der Waals surface area (Å²) in [5.74, 6) is -2.49. The van der Waals surface area contributed by atoms with Gasteiger partial charge in [0, 0.05) is 30.7 Å². The summed E-state index contributed by atoms with van der Waals surface area (Å²) in [7, 11) is 0. The number of aliphatic hydroxyl groups is 2. The highest BCUT2D eigenvalue weighted by atomic mass is 35.5. The highest BCUT2D eigenvalue weighted by molar-refractivity contribution is 5.92. The second-order valence-corrected chi connectivity index (χ2v) is 12.4. The van der Waals surface area contributed by atoms with Crippen LogP contribution >= 0.6 is 12.4 Å². The molecule has 0 aromatic heterocycles. The Hall–Kier alpha value is -1.52. The van der Waals surface area contributed by atoms with Crippen molar-refractivity contribution in [1.82, 2.24) is 5.32 Å². The molecule has 212 valence electrons. The number of halogens is 1. The smallest absolute Gasteiger partial charge is 0.320 e. The van der Waals surface area contributed by atoms with E-state index in [1.54, 1.807) is 13.8 Å². The van der Waals surface area contributed by atoms with Crippen molar-refractivity contribution in [2.45, 2.75) is 116 Å².